The third kappa shape index (κ3) is 3.71. The lowest BCUT2D eigenvalue weighted by molar-refractivity contribution is 0.0562. The third-order valence-electron chi connectivity index (χ3n) is 6.01. The van der Waals surface area contributed by atoms with E-state index >= 15 is 0 Å². The Balaban J connectivity index is 1.52. The van der Waals surface area contributed by atoms with Crippen molar-refractivity contribution in [1.82, 2.24) is 9.80 Å². The molecule has 2 atom stereocenters. The molecular weight excluding hydrogens is 336 g/mol. The van der Waals surface area contributed by atoms with Crippen LogP contribution >= 0.6 is 0 Å². The number of nitrogens with zero attached hydrogens (tertiary/aromatic N) is 2. The van der Waals surface area contributed by atoms with Crippen LogP contribution in [0.2, 0.25) is 0 Å². The predicted octanol–water partition coefficient (Wildman–Crippen LogP) is 1.92. The van der Waals surface area contributed by atoms with Crippen LogP contribution in [0.1, 0.15) is 31.2 Å². The molecule has 1 saturated carbocycles. The number of likely N-dealkylation sites (N-methyl/N-ethyl adjacent to an activating group) is 1. The second kappa shape index (κ2) is 6.89. The molecule has 3 fully saturated rings. The number of para-hydroxylation sites is 1. The number of hydrogen-bond acceptors (Lipinski definition) is 5. The van der Waals surface area contributed by atoms with Crippen LogP contribution < -0.4 is 4.74 Å². The summed E-state index contributed by atoms with van der Waals surface area (Å²) in [6.45, 7) is 2.60. The van der Waals surface area contributed by atoms with Crippen LogP contribution in [0.5, 0.6) is 5.75 Å². The van der Waals surface area contributed by atoms with Gasteiger partial charge in [0.2, 0.25) is 0 Å². The van der Waals surface area contributed by atoms with Gasteiger partial charge in [-0.3, -0.25) is 9.80 Å². The van der Waals surface area contributed by atoms with E-state index in [9.17, 15) is 8.42 Å². The number of rotatable bonds is 4. The van der Waals surface area contributed by atoms with Crippen LogP contribution in [-0.4, -0.2) is 68.0 Å². The van der Waals surface area contributed by atoms with E-state index < -0.39 is 9.84 Å². The van der Waals surface area contributed by atoms with Crippen LogP contribution in [0.15, 0.2) is 24.3 Å². The minimum absolute atomic E-state index is 0.100. The first kappa shape index (κ1) is 17.3. The van der Waals surface area contributed by atoms with Crippen LogP contribution in [-0.2, 0) is 16.4 Å². The summed E-state index contributed by atoms with van der Waals surface area (Å²) in [6.07, 6.45) is 5.14. The molecule has 0 N–H and O–H groups in total. The molecule has 0 unspecified atom stereocenters. The quantitative estimate of drug-likeness (QED) is 0.817. The van der Waals surface area contributed by atoms with Crippen molar-refractivity contribution < 1.29 is 13.2 Å². The fourth-order valence-electron chi connectivity index (χ4n) is 4.55. The van der Waals surface area contributed by atoms with E-state index in [-0.39, 0.29) is 17.8 Å². The molecule has 25 heavy (non-hydrogen) atoms. The van der Waals surface area contributed by atoms with Gasteiger partial charge in [-0.25, -0.2) is 8.42 Å². The second-order valence-electron chi connectivity index (χ2n) is 7.79. The number of hydrogen-bond donors (Lipinski definition) is 0. The molecule has 138 valence electrons. The Labute approximate surface area is 150 Å². The minimum Gasteiger partial charge on any atom is -0.490 e. The van der Waals surface area contributed by atoms with Gasteiger partial charge in [0.25, 0.3) is 0 Å². The molecule has 2 heterocycles. The molecule has 4 rings (SSSR count). The first-order valence-corrected chi connectivity index (χ1v) is 11.2. The standard InChI is InChI=1S/C19H28N2O3S/c1-20-10-11-21(18-14-25(22,23)13-17(18)20)12-15-6-2-5-9-19(15)24-16-7-3-4-8-16/h2,5-6,9,16-18H,3-4,7-8,10-14H2,1H3/t17-,18+/m1/s1. The van der Waals surface area contributed by atoms with Crippen molar-refractivity contribution in [2.45, 2.75) is 50.4 Å². The molecule has 3 aliphatic rings. The van der Waals surface area contributed by atoms with E-state index in [2.05, 4.69) is 28.0 Å². The Morgan fingerprint density at radius 1 is 1.08 bits per heavy atom. The third-order valence-corrected chi connectivity index (χ3v) is 7.71. The molecule has 5 nitrogen and oxygen atoms in total. The van der Waals surface area contributed by atoms with E-state index in [1.807, 2.05) is 13.1 Å². The molecule has 2 aliphatic heterocycles. The molecule has 6 heteroatoms. The summed E-state index contributed by atoms with van der Waals surface area (Å²) in [7, 11) is -0.882. The molecule has 1 aromatic carbocycles. The molecule has 0 radical (unpaired) electrons. The normalized spacial score (nSPS) is 30.4. The highest BCUT2D eigenvalue weighted by Gasteiger charge is 2.45. The van der Waals surface area contributed by atoms with Crippen molar-refractivity contribution in [2.75, 3.05) is 31.6 Å². The van der Waals surface area contributed by atoms with Gasteiger partial charge in [0.05, 0.1) is 17.6 Å². The maximum absolute atomic E-state index is 12.2. The smallest absolute Gasteiger partial charge is 0.153 e. The fourth-order valence-corrected chi connectivity index (χ4v) is 6.63. The summed E-state index contributed by atoms with van der Waals surface area (Å²) in [5.41, 5.74) is 1.18. The zero-order chi connectivity index (χ0) is 17.4. The monoisotopic (exact) mass is 364 g/mol. The van der Waals surface area contributed by atoms with Gasteiger partial charge in [-0.2, -0.15) is 0 Å². The van der Waals surface area contributed by atoms with Crippen molar-refractivity contribution in [3.8, 4) is 5.75 Å². The summed E-state index contributed by atoms with van der Waals surface area (Å²) in [5.74, 6) is 1.56. The van der Waals surface area contributed by atoms with Crippen LogP contribution in [0.4, 0.5) is 0 Å². The van der Waals surface area contributed by atoms with Gasteiger partial charge in [0.1, 0.15) is 5.75 Å². The molecule has 1 aromatic rings. The maximum atomic E-state index is 12.2. The molecule has 2 saturated heterocycles. The first-order valence-electron chi connectivity index (χ1n) is 9.41. The van der Waals surface area contributed by atoms with E-state index in [4.69, 9.17) is 4.74 Å². The van der Waals surface area contributed by atoms with Gasteiger partial charge in [0, 0.05) is 37.3 Å². The van der Waals surface area contributed by atoms with Gasteiger partial charge < -0.3 is 4.74 Å². The van der Waals surface area contributed by atoms with Crippen LogP contribution in [0.25, 0.3) is 0 Å². The largest absolute Gasteiger partial charge is 0.490 e. The first-order chi connectivity index (χ1) is 12.0. The summed E-state index contributed by atoms with van der Waals surface area (Å²) in [5, 5.41) is 0. The summed E-state index contributed by atoms with van der Waals surface area (Å²) >= 11 is 0. The Bertz CT molecular complexity index is 715. The lowest BCUT2D eigenvalue weighted by atomic mass is 10.0. The lowest BCUT2D eigenvalue weighted by Crippen LogP contribution is -2.57. The Kier molecular flexibility index (Phi) is 4.77. The number of fused-ring (bicyclic) bond motifs is 1. The fraction of sp³-hybridized carbons (Fsp3) is 0.684. The summed E-state index contributed by atoms with van der Waals surface area (Å²) in [6, 6.07) is 8.49. The summed E-state index contributed by atoms with van der Waals surface area (Å²) in [4.78, 5) is 4.57. The van der Waals surface area contributed by atoms with Crippen molar-refractivity contribution in [1.29, 1.82) is 0 Å². The second-order valence-corrected chi connectivity index (χ2v) is 9.95. The zero-order valence-corrected chi connectivity index (χ0v) is 15.7. The predicted molar refractivity (Wildman–Crippen MR) is 98.6 cm³/mol. The maximum Gasteiger partial charge on any atom is 0.153 e. The SMILES string of the molecule is CN1CCN(Cc2ccccc2OC2CCCC2)[C@H]2CS(=O)(=O)C[C@H]21. The molecule has 0 bridgehead atoms. The van der Waals surface area contributed by atoms with E-state index in [1.54, 1.807) is 0 Å². The highest BCUT2D eigenvalue weighted by Crippen LogP contribution is 2.31. The van der Waals surface area contributed by atoms with Crippen molar-refractivity contribution in [3.63, 3.8) is 0 Å². The Hall–Kier alpha value is -1.11. The Morgan fingerprint density at radius 2 is 1.80 bits per heavy atom. The molecule has 0 amide bonds. The molecule has 0 spiro atoms. The van der Waals surface area contributed by atoms with Crippen molar-refractivity contribution >= 4 is 9.84 Å². The van der Waals surface area contributed by atoms with E-state index in [1.165, 1.54) is 18.4 Å². The number of ether oxygens (including phenoxy) is 1. The number of sulfone groups is 1. The highest BCUT2D eigenvalue weighted by atomic mass is 32.2. The lowest BCUT2D eigenvalue weighted by Gasteiger charge is -2.42. The van der Waals surface area contributed by atoms with Crippen LogP contribution in [0, 0.1) is 0 Å². The average molecular weight is 365 g/mol. The minimum atomic E-state index is -2.93. The number of benzene rings is 1. The molecular formula is C19H28N2O3S. The van der Waals surface area contributed by atoms with Crippen molar-refractivity contribution in [3.05, 3.63) is 29.8 Å². The van der Waals surface area contributed by atoms with Gasteiger partial charge in [-0.1, -0.05) is 18.2 Å². The molecule has 0 aromatic heterocycles. The van der Waals surface area contributed by atoms with Gasteiger partial charge in [-0.05, 0) is 38.8 Å². The van der Waals surface area contributed by atoms with E-state index in [0.29, 0.717) is 11.9 Å². The average Bonchev–Trinajstić information content (AvgIpc) is 3.19. The van der Waals surface area contributed by atoms with Crippen LogP contribution in [0.3, 0.4) is 0 Å². The van der Waals surface area contributed by atoms with Gasteiger partial charge in [-0.15, -0.1) is 0 Å². The Morgan fingerprint density at radius 3 is 2.60 bits per heavy atom. The zero-order valence-electron chi connectivity index (χ0n) is 14.9. The van der Waals surface area contributed by atoms with Gasteiger partial charge in [0.15, 0.2) is 9.84 Å². The van der Waals surface area contributed by atoms with Gasteiger partial charge >= 0.3 is 0 Å². The topological polar surface area (TPSA) is 49.9 Å². The van der Waals surface area contributed by atoms with Crippen molar-refractivity contribution in [2.24, 2.45) is 0 Å². The summed E-state index contributed by atoms with van der Waals surface area (Å²) < 4.78 is 30.6. The highest BCUT2D eigenvalue weighted by molar-refractivity contribution is 7.91. The molecule has 1 aliphatic carbocycles. The van der Waals surface area contributed by atoms with E-state index in [0.717, 1.165) is 38.2 Å². The number of piperazine rings is 1.